The average molecular weight is 218 g/mol. The van der Waals surface area contributed by atoms with Crippen molar-refractivity contribution in [3.05, 3.63) is 41.7 Å². The van der Waals surface area contributed by atoms with Crippen molar-refractivity contribution in [2.75, 3.05) is 11.9 Å². The Hall–Kier alpha value is -2.15. The first-order valence-electron chi connectivity index (χ1n) is 4.60. The first-order valence-corrected chi connectivity index (χ1v) is 4.60. The molecular weight excluding hydrogens is 207 g/mol. The molecule has 0 fully saturated rings. The van der Waals surface area contributed by atoms with Crippen LogP contribution in [0.15, 0.2) is 30.4 Å². The summed E-state index contributed by atoms with van der Waals surface area (Å²) in [5.74, 6) is -0.806. The number of anilines is 1. The Bertz CT molecular complexity index is 488. The van der Waals surface area contributed by atoms with E-state index < -0.39 is 5.82 Å². The van der Waals surface area contributed by atoms with Crippen molar-refractivity contribution in [2.24, 2.45) is 0 Å². The van der Waals surface area contributed by atoms with Crippen LogP contribution in [0.25, 0.3) is 0 Å². The highest BCUT2D eigenvalue weighted by molar-refractivity contribution is 6.05. The molecule has 0 aliphatic heterocycles. The van der Waals surface area contributed by atoms with Crippen LogP contribution in [0, 0.1) is 17.1 Å². The van der Waals surface area contributed by atoms with Crippen LogP contribution < -0.4 is 4.90 Å². The maximum atomic E-state index is 12.9. The van der Waals surface area contributed by atoms with Crippen molar-refractivity contribution in [3.8, 4) is 6.07 Å². The molecule has 0 aromatic heterocycles. The third-order valence-corrected chi connectivity index (χ3v) is 2.11. The number of hydrogen-bond acceptors (Lipinski definition) is 2. The molecule has 1 aromatic carbocycles. The molecule has 0 aliphatic carbocycles. The Morgan fingerprint density at radius 2 is 2.19 bits per heavy atom. The number of carbonyl (C=O) groups excluding carboxylic acids is 1. The van der Waals surface area contributed by atoms with Gasteiger partial charge in [-0.25, -0.2) is 4.39 Å². The first kappa shape index (κ1) is 11.9. The molecule has 0 atom stereocenters. The highest BCUT2D eigenvalue weighted by Gasteiger charge is 2.15. The lowest BCUT2D eigenvalue weighted by molar-refractivity contribution is -0.114. The molecule has 0 unspecified atom stereocenters. The van der Waals surface area contributed by atoms with Crippen LogP contribution in [-0.2, 0) is 4.79 Å². The largest absolute Gasteiger partial charge is 0.310 e. The number of likely N-dealkylation sites (N-methyl/N-ethyl adjacent to an activating group) is 1. The van der Waals surface area contributed by atoms with Gasteiger partial charge in [-0.2, -0.15) is 5.26 Å². The van der Waals surface area contributed by atoms with Crippen molar-refractivity contribution in [1.29, 1.82) is 5.26 Å². The third-order valence-electron chi connectivity index (χ3n) is 2.11. The maximum Gasteiger partial charge on any atom is 0.253 e. The standard InChI is InChI=1S/C12H11FN2O/c1-8(2)12(16)15(3)11-5-4-10(13)6-9(11)7-14/h4-6H,1H2,2-3H3. The SMILES string of the molecule is C=C(C)C(=O)N(C)c1ccc(F)cc1C#N. The molecule has 16 heavy (non-hydrogen) atoms. The summed E-state index contributed by atoms with van der Waals surface area (Å²) in [7, 11) is 1.52. The predicted octanol–water partition coefficient (Wildman–Crippen LogP) is 2.24. The van der Waals surface area contributed by atoms with Crippen LogP contribution in [0.4, 0.5) is 10.1 Å². The van der Waals surface area contributed by atoms with Gasteiger partial charge in [0.1, 0.15) is 11.9 Å². The average Bonchev–Trinajstić information content (AvgIpc) is 2.26. The van der Waals surface area contributed by atoms with Gasteiger partial charge in [0.25, 0.3) is 5.91 Å². The fraction of sp³-hybridized carbons (Fsp3) is 0.167. The summed E-state index contributed by atoms with van der Waals surface area (Å²) in [4.78, 5) is 12.9. The van der Waals surface area contributed by atoms with E-state index in [0.29, 0.717) is 11.3 Å². The number of carbonyl (C=O) groups is 1. The molecule has 0 radical (unpaired) electrons. The number of nitrogens with zero attached hydrogens (tertiary/aromatic N) is 2. The fourth-order valence-corrected chi connectivity index (χ4v) is 1.29. The summed E-state index contributed by atoms with van der Waals surface area (Å²) in [6.07, 6.45) is 0. The van der Waals surface area contributed by atoms with Crippen LogP contribution in [0.1, 0.15) is 12.5 Å². The molecular formula is C12H11FN2O. The van der Waals surface area contributed by atoms with Gasteiger partial charge in [-0.3, -0.25) is 4.79 Å². The quantitative estimate of drug-likeness (QED) is 0.714. The van der Waals surface area contributed by atoms with Crippen LogP contribution in [-0.4, -0.2) is 13.0 Å². The number of halogens is 1. The number of amides is 1. The van der Waals surface area contributed by atoms with Gasteiger partial charge in [0.05, 0.1) is 11.3 Å². The Kier molecular flexibility index (Phi) is 3.41. The van der Waals surface area contributed by atoms with Gasteiger partial charge in [-0.1, -0.05) is 6.58 Å². The lowest BCUT2D eigenvalue weighted by atomic mass is 10.1. The Morgan fingerprint density at radius 1 is 1.56 bits per heavy atom. The van der Waals surface area contributed by atoms with E-state index in [4.69, 9.17) is 5.26 Å². The molecule has 1 rings (SSSR count). The van der Waals surface area contributed by atoms with Crippen LogP contribution in [0.3, 0.4) is 0 Å². The fourth-order valence-electron chi connectivity index (χ4n) is 1.29. The van der Waals surface area contributed by atoms with Crippen molar-refractivity contribution in [1.82, 2.24) is 0 Å². The van der Waals surface area contributed by atoms with E-state index in [1.54, 1.807) is 6.92 Å². The van der Waals surface area contributed by atoms with E-state index in [9.17, 15) is 9.18 Å². The Morgan fingerprint density at radius 3 is 2.69 bits per heavy atom. The second-order valence-corrected chi connectivity index (χ2v) is 3.42. The summed E-state index contributed by atoms with van der Waals surface area (Å²) in [5, 5.41) is 8.84. The molecule has 0 aliphatic rings. The monoisotopic (exact) mass is 218 g/mol. The number of benzene rings is 1. The second kappa shape index (κ2) is 4.58. The summed E-state index contributed by atoms with van der Waals surface area (Å²) in [6.45, 7) is 5.10. The molecule has 4 heteroatoms. The molecule has 0 spiro atoms. The summed E-state index contributed by atoms with van der Waals surface area (Å²) in [6, 6.07) is 5.55. The molecule has 0 saturated heterocycles. The zero-order chi connectivity index (χ0) is 12.3. The molecule has 0 heterocycles. The van der Waals surface area contributed by atoms with Crippen LogP contribution >= 0.6 is 0 Å². The van der Waals surface area contributed by atoms with Gasteiger partial charge < -0.3 is 4.90 Å². The molecule has 1 amide bonds. The van der Waals surface area contributed by atoms with E-state index in [1.165, 1.54) is 24.1 Å². The van der Waals surface area contributed by atoms with E-state index in [0.717, 1.165) is 6.07 Å². The minimum atomic E-state index is -0.503. The van der Waals surface area contributed by atoms with Gasteiger partial charge in [-0.05, 0) is 25.1 Å². The Balaban J connectivity index is 3.19. The van der Waals surface area contributed by atoms with Crippen LogP contribution in [0.5, 0.6) is 0 Å². The zero-order valence-corrected chi connectivity index (χ0v) is 9.12. The van der Waals surface area contributed by atoms with E-state index in [-0.39, 0.29) is 11.5 Å². The summed E-state index contributed by atoms with van der Waals surface area (Å²) >= 11 is 0. The third kappa shape index (κ3) is 2.26. The van der Waals surface area contributed by atoms with E-state index in [2.05, 4.69) is 6.58 Å². The lowest BCUT2D eigenvalue weighted by Crippen LogP contribution is -2.27. The molecule has 1 aromatic rings. The second-order valence-electron chi connectivity index (χ2n) is 3.42. The van der Waals surface area contributed by atoms with Gasteiger partial charge in [0.2, 0.25) is 0 Å². The van der Waals surface area contributed by atoms with Gasteiger partial charge >= 0.3 is 0 Å². The van der Waals surface area contributed by atoms with Gasteiger partial charge in [0, 0.05) is 12.6 Å². The number of hydrogen-bond donors (Lipinski definition) is 0. The summed E-state index contributed by atoms with van der Waals surface area (Å²) in [5.41, 5.74) is 0.852. The minimum absolute atomic E-state index is 0.122. The number of rotatable bonds is 2. The summed E-state index contributed by atoms with van der Waals surface area (Å²) < 4.78 is 12.9. The van der Waals surface area contributed by atoms with Crippen molar-refractivity contribution in [2.45, 2.75) is 6.92 Å². The normalized spacial score (nSPS) is 9.38. The Labute approximate surface area is 93.4 Å². The van der Waals surface area contributed by atoms with E-state index >= 15 is 0 Å². The minimum Gasteiger partial charge on any atom is -0.310 e. The van der Waals surface area contributed by atoms with E-state index in [1.807, 2.05) is 6.07 Å². The molecule has 0 saturated carbocycles. The van der Waals surface area contributed by atoms with Gasteiger partial charge in [-0.15, -0.1) is 0 Å². The highest BCUT2D eigenvalue weighted by atomic mass is 19.1. The smallest absolute Gasteiger partial charge is 0.253 e. The van der Waals surface area contributed by atoms with Crippen LogP contribution in [0.2, 0.25) is 0 Å². The molecule has 82 valence electrons. The van der Waals surface area contributed by atoms with Crippen molar-refractivity contribution in [3.63, 3.8) is 0 Å². The predicted molar refractivity (Wildman–Crippen MR) is 59.3 cm³/mol. The molecule has 0 N–H and O–H groups in total. The number of nitriles is 1. The highest BCUT2D eigenvalue weighted by Crippen LogP contribution is 2.20. The van der Waals surface area contributed by atoms with Crippen molar-refractivity contribution < 1.29 is 9.18 Å². The lowest BCUT2D eigenvalue weighted by Gasteiger charge is -2.18. The van der Waals surface area contributed by atoms with Gasteiger partial charge in [0.15, 0.2) is 0 Å². The topological polar surface area (TPSA) is 44.1 Å². The molecule has 3 nitrogen and oxygen atoms in total. The first-order chi connectivity index (χ1) is 7.47. The molecule has 0 bridgehead atoms. The zero-order valence-electron chi connectivity index (χ0n) is 9.12. The van der Waals surface area contributed by atoms with Crippen molar-refractivity contribution >= 4 is 11.6 Å². The maximum absolute atomic E-state index is 12.9.